The maximum Gasteiger partial charge on any atom is 0.305 e. The van der Waals surface area contributed by atoms with Gasteiger partial charge in [-0.1, -0.05) is 6.07 Å². The zero-order valence-corrected chi connectivity index (χ0v) is 9.65. The normalized spacial score (nSPS) is 12.2. The van der Waals surface area contributed by atoms with Crippen LogP contribution in [0.3, 0.4) is 0 Å². The number of esters is 1. The van der Waals surface area contributed by atoms with Crippen LogP contribution in [0.1, 0.15) is 18.4 Å². The van der Waals surface area contributed by atoms with Crippen LogP contribution in [0.2, 0.25) is 0 Å². The molecule has 0 amide bonds. The van der Waals surface area contributed by atoms with Gasteiger partial charge in [-0.15, -0.1) is 0 Å². The SMILES string of the molecule is COC(=O)CCC(N)Cc1ccc(O)c(F)c1. The second kappa shape index (κ2) is 6.20. The molecule has 0 aliphatic heterocycles. The monoisotopic (exact) mass is 241 g/mol. The zero-order valence-electron chi connectivity index (χ0n) is 9.65. The average Bonchev–Trinajstić information content (AvgIpc) is 2.31. The van der Waals surface area contributed by atoms with Gasteiger partial charge in [-0.3, -0.25) is 4.79 Å². The third kappa shape index (κ3) is 4.40. The van der Waals surface area contributed by atoms with Crippen molar-refractivity contribution in [3.05, 3.63) is 29.6 Å². The van der Waals surface area contributed by atoms with Gasteiger partial charge in [0.15, 0.2) is 11.6 Å². The second-order valence-corrected chi connectivity index (χ2v) is 3.86. The van der Waals surface area contributed by atoms with Crippen LogP contribution in [0.25, 0.3) is 0 Å². The molecule has 1 rings (SSSR count). The number of nitrogens with two attached hydrogens (primary N) is 1. The highest BCUT2D eigenvalue weighted by Gasteiger charge is 2.09. The topological polar surface area (TPSA) is 72.5 Å². The summed E-state index contributed by atoms with van der Waals surface area (Å²) >= 11 is 0. The Morgan fingerprint density at radius 2 is 2.29 bits per heavy atom. The van der Waals surface area contributed by atoms with Gasteiger partial charge in [0.25, 0.3) is 0 Å². The van der Waals surface area contributed by atoms with E-state index in [0.717, 1.165) is 0 Å². The minimum Gasteiger partial charge on any atom is -0.505 e. The molecule has 0 aliphatic rings. The molecular formula is C12H16FNO3. The van der Waals surface area contributed by atoms with Crippen LogP contribution >= 0.6 is 0 Å². The molecule has 1 atom stereocenters. The number of phenols is 1. The fourth-order valence-electron chi connectivity index (χ4n) is 1.49. The van der Waals surface area contributed by atoms with Crippen molar-refractivity contribution in [2.45, 2.75) is 25.3 Å². The van der Waals surface area contributed by atoms with Gasteiger partial charge in [-0.05, 0) is 30.5 Å². The number of carbonyl (C=O) groups excluding carboxylic acids is 1. The van der Waals surface area contributed by atoms with E-state index in [1.165, 1.54) is 19.2 Å². The number of benzene rings is 1. The van der Waals surface area contributed by atoms with Gasteiger partial charge in [-0.25, -0.2) is 4.39 Å². The molecule has 0 radical (unpaired) electrons. The lowest BCUT2D eigenvalue weighted by Crippen LogP contribution is -2.24. The predicted octanol–water partition coefficient (Wildman–Crippen LogP) is 1.35. The molecule has 0 fully saturated rings. The van der Waals surface area contributed by atoms with E-state index in [0.29, 0.717) is 18.4 Å². The summed E-state index contributed by atoms with van der Waals surface area (Å²) in [6, 6.07) is 3.90. The highest BCUT2D eigenvalue weighted by Crippen LogP contribution is 2.17. The molecule has 17 heavy (non-hydrogen) atoms. The van der Waals surface area contributed by atoms with Crippen molar-refractivity contribution in [2.75, 3.05) is 7.11 Å². The van der Waals surface area contributed by atoms with E-state index in [1.807, 2.05) is 0 Å². The summed E-state index contributed by atoms with van der Waals surface area (Å²) < 4.78 is 17.5. The van der Waals surface area contributed by atoms with Gasteiger partial charge in [0, 0.05) is 12.5 Å². The van der Waals surface area contributed by atoms with Gasteiger partial charge < -0.3 is 15.6 Å². The highest BCUT2D eigenvalue weighted by molar-refractivity contribution is 5.69. The average molecular weight is 241 g/mol. The van der Waals surface area contributed by atoms with E-state index in [9.17, 15) is 9.18 Å². The molecule has 0 saturated heterocycles. The second-order valence-electron chi connectivity index (χ2n) is 3.86. The summed E-state index contributed by atoms with van der Waals surface area (Å²) in [5.74, 6) is -1.35. The highest BCUT2D eigenvalue weighted by atomic mass is 19.1. The quantitative estimate of drug-likeness (QED) is 0.763. The molecule has 0 aromatic heterocycles. The molecule has 0 aliphatic carbocycles. The Morgan fingerprint density at radius 1 is 1.59 bits per heavy atom. The molecule has 0 spiro atoms. The number of aromatic hydroxyl groups is 1. The summed E-state index contributed by atoms with van der Waals surface area (Å²) in [5.41, 5.74) is 6.50. The van der Waals surface area contributed by atoms with E-state index in [-0.39, 0.29) is 24.2 Å². The molecule has 5 heteroatoms. The van der Waals surface area contributed by atoms with Gasteiger partial charge in [0.1, 0.15) is 0 Å². The zero-order chi connectivity index (χ0) is 12.8. The summed E-state index contributed by atoms with van der Waals surface area (Å²) in [5, 5.41) is 9.02. The smallest absolute Gasteiger partial charge is 0.305 e. The number of ether oxygens (including phenoxy) is 1. The van der Waals surface area contributed by atoms with Crippen molar-refractivity contribution in [2.24, 2.45) is 5.73 Å². The number of carbonyl (C=O) groups is 1. The predicted molar refractivity (Wildman–Crippen MR) is 61.0 cm³/mol. The first-order chi connectivity index (χ1) is 8.02. The third-order valence-electron chi connectivity index (χ3n) is 2.46. The molecule has 1 aromatic rings. The Morgan fingerprint density at radius 3 is 2.88 bits per heavy atom. The van der Waals surface area contributed by atoms with E-state index in [4.69, 9.17) is 10.8 Å². The first-order valence-electron chi connectivity index (χ1n) is 5.32. The molecule has 1 aromatic carbocycles. The lowest BCUT2D eigenvalue weighted by atomic mass is 10.0. The number of halogens is 1. The van der Waals surface area contributed by atoms with Gasteiger partial charge in [0.05, 0.1) is 7.11 Å². The lowest BCUT2D eigenvalue weighted by Gasteiger charge is -2.11. The van der Waals surface area contributed by atoms with Gasteiger partial charge >= 0.3 is 5.97 Å². The summed E-state index contributed by atoms with van der Waals surface area (Å²) in [4.78, 5) is 10.9. The van der Waals surface area contributed by atoms with Crippen LogP contribution in [0.15, 0.2) is 18.2 Å². The van der Waals surface area contributed by atoms with Crippen molar-refractivity contribution in [1.82, 2.24) is 0 Å². The molecular weight excluding hydrogens is 225 g/mol. The third-order valence-corrected chi connectivity index (χ3v) is 2.46. The molecule has 0 saturated carbocycles. The Bertz CT molecular complexity index is 395. The summed E-state index contributed by atoms with van der Waals surface area (Å²) in [6.07, 6.45) is 1.18. The Labute approximate surface area is 99.2 Å². The molecule has 0 bridgehead atoms. The number of rotatable bonds is 5. The molecule has 0 heterocycles. The van der Waals surface area contributed by atoms with E-state index in [2.05, 4.69) is 4.74 Å². The maximum absolute atomic E-state index is 13.0. The molecule has 94 valence electrons. The summed E-state index contributed by atoms with van der Waals surface area (Å²) in [7, 11) is 1.32. The minimum absolute atomic E-state index is 0.238. The van der Waals surface area contributed by atoms with E-state index >= 15 is 0 Å². The van der Waals surface area contributed by atoms with Gasteiger partial charge in [0.2, 0.25) is 0 Å². The van der Waals surface area contributed by atoms with Crippen LogP contribution in [-0.2, 0) is 16.0 Å². The minimum atomic E-state index is -0.664. The first kappa shape index (κ1) is 13.4. The number of methoxy groups -OCH3 is 1. The standard InChI is InChI=1S/C12H16FNO3/c1-17-12(16)5-3-9(14)6-8-2-4-11(15)10(13)7-8/h2,4,7,9,15H,3,5-6,14H2,1H3. The fourth-order valence-corrected chi connectivity index (χ4v) is 1.49. The van der Waals surface area contributed by atoms with Crippen molar-refractivity contribution >= 4 is 5.97 Å². The Balaban J connectivity index is 2.47. The Kier molecular flexibility index (Phi) is 4.90. The number of phenolic OH excluding ortho intramolecular Hbond substituents is 1. The van der Waals surface area contributed by atoms with Gasteiger partial charge in [-0.2, -0.15) is 0 Å². The molecule has 3 N–H and O–H groups in total. The van der Waals surface area contributed by atoms with Crippen molar-refractivity contribution in [3.8, 4) is 5.75 Å². The molecule has 4 nitrogen and oxygen atoms in total. The van der Waals surface area contributed by atoms with Crippen molar-refractivity contribution < 1.29 is 19.0 Å². The maximum atomic E-state index is 13.0. The van der Waals surface area contributed by atoms with Crippen LogP contribution in [-0.4, -0.2) is 24.2 Å². The fraction of sp³-hybridized carbons (Fsp3) is 0.417. The summed E-state index contributed by atoms with van der Waals surface area (Å²) in [6.45, 7) is 0. The van der Waals surface area contributed by atoms with E-state index < -0.39 is 5.82 Å². The van der Waals surface area contributed by atoms with Crippen LogP contribution in [0.5, 0.6) is 5.75 Å². The number of hydrogen-bond donors (Lipinski definition) is 2. The van der Waals surface area contributed by atoms with Crippen LogP contribution < -0.4 is 5.73 Å². The lowest BCUT2D eigenvalue weighted by molar-refractivity contribution is -0.140. The van der Waals surface area contributed by atoms with Crippen LogP contribution in [0, 0.1) is 5.82 Å². The van der Waals surface area contributed by atoms with Crippen molar-refractivity contribution in [3.63, 3.8) is 0 Å². The van der Waals surface area contributed by atoms with Crippen molar-refractivity contribution in [1.29, 1.82) is 0 Å². The largest absolute Gasteiger partial charge is 0.505 e. The Hall–Kier alpha value is -1.62. The number of hydrogen-bond acceptors (Lipinski definition) is 4. The van der Waals surface area contributed by atoms with Crippen LogP contribution in [0.4, 0.5) is 4.39 Å². The first-order valence-corrected chi connectivity index (χ1v) is 5.32. The molecule has 1 unspecified atom stereocenters. The van der Waals surface area contributed by atoms with E-state index in [1.54, 1.807) is 6.07 Å².